The molecule has 3 rings (SSSR count). The van der Waals surface area contributed by atoms with Gasteiger partial charge in [-0.05, 0) is 52.9 Å². The molecule has 1 aromatic heterocycles. The molecule has 0 bridgehead atoms. The van der Waals surface area contributed by atoms with Crippen LogP contribution in [0.15, 0.2) is 48.7 Å². The standard InChI is InChI=1S/C23H26N2O5/c1-25-10-9-16-13-17(6-7-18(16)25)19(26)14-24-22(27)8-5-15-11-20(28-2)23(30-4)21(12-15)29-3/h5-13,19,26H,14H2,1-4H3,(H,24,27)/b8-5+. The number of aliphatic hydroxyl groups excluding tert-OH is 1. The summed E-state index contributed by atoms with van der Waals surface area (Å²) in [6.45, 7) is 0.108. The molecule has 0 saturated carbocycles. The third kappa shape index (κ3) is 4.58. The van der Waals surface area contributed by atoms with E-state index in [2.05, 4.69) is 5.32 Å². The molecule has 7 nitrogen and oxygen atoms in total. The summed E-state index contributed by atoms with van der Waals surface area (Å²) >= 11 is 0. The van der Waals surface area contributed by atoms with E-state index in [0.717, 1.165) is 22.0 Å². The van der Waals surface area contributed by atoms with E-state index in [0.29, 0.717) is 17.2 Å². The van der Waals surface area contributed by atoms with Gasteiger partial charge >= 0.3 is 0 Å². The van der Waals surface area contributed by atoms with Crippen molar-refractivity contribution >= 4 is 22.9 Å². The van der Waals surface area contributed by atoms with Gasteiger partial charge in [0, 0.05) is 31.4 Å². The van der Waals surface area contributed by atoms with Crippen LogP contribution in [0.2, 0.25) is 0 Å². The summed E-state index contributed by atoms with van der Waals surface area (Å²) < 4.78 is 17.9. The van der Waals surface area contributed by atoms with Crippen LogP contribution in [0.1, 0.15) is 17.2 Å². The zero-order valence-corrected chi connectivity index (χ0v) is 17.5. The van der Waals surface area contributed by atoms with Gasteiger partial charge < -0.3 is 29.2 Å². The minimum absolute atomic E-state index is 0.108. The van der Waals surface area contributed by atoms with Crippen molar-refractivity contribution in [1.82, 2.24) is 9.88 Å². The number of rotatable bonds is 8. The van der Waals surface area contributed by atoms with E-state index >= 15 is 0 Å². The fourth-order valence-corrected chi connectivity index (χ4v) is 3.25. The van der Waals surface area contributed by atoms with Crippen molar-refractivity contribution < 1.29 is 24.1 Å². The second kappa shape index (κ2) is 9.37. The SMILES string of the molecule is COc1cc(/C=C/C(=O)NCC(O)c2ccc3c(ccn3C)c2)cc(OC)c1OC. The Labute approximate surface area is 175 Å². The molecule has 1 unspecified atom stereocenters. The number of hydrogen-bond acceptors (Lipinski definition) is 5. The maximum absolute atomic E-state index is 12.2. The summed E-state index contributed by atoms with van der Waals surface area (Å²) in [5.41, 5.74) is 2.56. The first-order valence-electron chi connectivity index (χ1n) is 9.45. The zero-order chi connectivity index (χ0) is 21.7. The first-order chi connectivity index (χ1) is 14.5. The number of ether oxygens (including phenoxy) is 3. The minimum Gasteiger partial charge on any atom is -0.493 e. The number of nitrogens with one attached hydrogen (secondary N) is 1. The van der Waals surface area contributed by atoms with Crippen molar-refractivity contribution in [3.63, 3.8) is 0 Å². The lowest BCUT2D eigenvalue weighted by molar-refractivity contribution is -0.116. The van der Waals surface area contributed by atoms with E-state index in [1.165, 1.54) is 27.4 Å². The van der Waals surface area contributed by atoms with E-state index < -0.39 is 6.10 Å². The number of hydrogen-bond donors (Lipinski definition) is 2. The molecule has 0 radical (unpaired) electrons. The lowest BCUT2D eigenvalue weighted by Crippen LogP contribution is -2.26. The van der Waals surface area contributed by atoms with Gasteiger partial charge in [0.1, 0.15) is 0 Å². The third-order valence-electron chi connectivity index (χ3n) is 4.88. The Bertz CT molecular complexity index is 1050. The second-order valence-electron chi connectivity index (χ2n) is 6.80. The van der Waals surface area contributed by atoms with Crippen LogP contribution in [0, 0.1) is 0 Å². The lowest BCUT2D eigenvalue weighted by atomic mass is 10.1. The number of aryl methyl sites for hydroxylation is 1. The van der Waals surface area contributed by atoms with Gasteiger partial charge in [-0.15, -0.1) is 0 Å². The van der Waals surface area contributed by atoms with Crippen LogP contribution < -0.4 is 19.5 Å². The number of nitrogens with zero attached hydrogens (tertiary/aromatic N) is 1. The highest BCUT2D eigenvalue weighted by Gasteiger charge is 2.13. The lowest BCUT2D eigenvalue weighted by Gasteiger charge is -2.13. The van der Waals surface area contributed by atoms with Crippen LogP contribution in [0.4, 0.5) is 0 Å². The van der Waals surface area contributed by atoms with Gasteiger partial charge in [0.2, 0.25) is 11.7 Å². The summed E-state index contributed by atoms with van der Waals surface area (Å²) in [5, 5.41) is 14.2. The fourth-order valence-electron chi connectivity index (χ4n) is 3.25. The molecule has 30 heavy (non-hydrogen) atoms. The smallest absolute Gasteiger partial charge is 0.244 e. The van der Waals surface area contributed by atoms with Gasteiger partial charge in [-0.3, -0.25) is 4.79 Å². The molecule has 1 heterocycles. The molecule has 3 aromatic rings. The maximum atomic E-state index is 12.2. The van der Waals surface area contributed by atoms with Crippen LogP contribution >= 0.6 is 0 Å². The van der Waals surface area contributed by atoms with Gasteiger partial charge in [0.25, 0.3) is 0 Å². The Balaban J connectivity index is 1.64. The van der Waals surface area contributed by atoms with Crippen LogP contribution in [-0.4, -0.2) is 43.5 Å². The number of carbonyl (C=O) groups excluding carboxylic acids is 1. The predicted molar refractivity (Wildman–Crippen MR) is 116 cm³/mol. The van der Waals surface area contributed by atoms with Crippen molar-refractivity contribution in [1.29, 1.82) is 0 Å². The highest BCUT2D eigenvalue weighted by Crippen LogP contribution is 2.38. The van der Waals surface area contributed by atoms with E-state index in [1.807, 2.05) is 42.1 Å². The van der Waals surface area contributed by atoms with E-state index in [-0.39, 0.29) is 12.5 Å². The van der Waals surface area contributed by atoms with Crippen LogP contribution in [-0.2, 0) is 11.8 Å². The largest absolute Gasteiger partial charge is 0.493 e. The summed E-state index contributed by atoms with van der Waals surface area (Å²) in [7, 11) is 6.57. The molecule has 2 N–H and O–H groups in total. The van der Waals surface area contributed by atoms with Crippen molar-refractivity contribution in [3.8, 4) is 17.2 Å². The first kappa shape index (κ1) is 21.3. The summed E-state index contributed by atoms with van der Waals surface area (Å²) in [4.78, 5) is 12.2. The molecule has 2 aromatic carbocycles. The molecular weight excluding hydrogens is 384 g/mol. The number of methoxy groups -OCH3 is 3. The Kier molecular flexibility index (Phi) is 6.64. The van der Waals surface area contributed by atoms with E-state index in [4.69, 9.17) is 14.2 Å². The Morgan fingerprint density at radius 1 is 1.10 bits per heavy atom. The number of amides is 1. The fraction of sp³-hybridized carbons (Fsp3) is 0.261. The highest BCUT2D eigenvalue weighted by molar-refractivity contribution is 5.92. The van der Waals surface area contributed by atoms with Gasteiger partial charge in [-0.25, -0.2) is 0 Å². The molecule has 0 aliphatic carbocycles. The van der Waals surface area contributed by atoms with Crippen LogP contribution in [0.25, 0.3) is 17.0 Å². The average molecular weight is 410 g/mol. The number of fused-ring (bicyclic) bond motifs is 1. The van der Waals surface area contributed by atoms with Gasteiger partial charge in [-0.2, -0.15) is 0 Å². The van der Waals surface area contributed by atoms with Crippen molar-refractivity contribution in [2.45, 2.75) is 6.10 Å². The minimum atomic E-state index is -0.798. The molecule has 1 amide bonds. The van der Waals surface area contributed by atoms with E-state index in [1.54, 1.807) is 18.2 Å². The molecule has 158 valence electrons. The van der Waals surface area contributed by atoms with Gasteiger partial charge in [-0.1, -0.05) is 6.07 Å². The van der Waals surface area contributed by atoms with E-state index in [9.17, 15) is 9.90 Å². The molecule has 0 fully saturated rings. The molecule has 0 spiro atoms. The molecule has 0 saturated heterocycles. The molecule has 0 aliphatic rings. The van der Waals surface area contributed by atoms with Crippen molar-refractivity contribution in [2.75, 3.05) is 27.9 Å². The predicted octanol–water partition coefficient (Wildman–Crippen LogP) is 3.07. The maximum Gasteiger partial charge on any atom is 0.244 e. The average Bonchev–Trinajstić information content (AvgIpc) is 3.15. The number of carbonyl (C=O) groups is 1. The van der Waals surface area contributed by atoms with Crippen molar-refractivity contribution in [2.24, 2.45) is 7.05 Å². The second-order valence-corrected chi connectivity index (χ2v) is 6.80. The van der Waals surface area contributed by atoms with Crippen LogP contribution in [0.3, 0.4) is 0 Å². The quantitative estimate of drug-likeness (QED) is 0.558. The molecule has 0 aliphatic heterocycles. The summed E-state index contributed by atoms with van der Waals surface area (Å²) in [5.74, 6) is 1.18. The zero-order valence-electron chi connectivity index (χ0n) is 17.5. The molecule has 1 atom stereocenters. The Hall–Kier alpha value is -3.45. The number of benzene rings is 2. The summed E-state index contributed by atoms with van der Waals surface area (Å²) in [6.07, 6.45) is 4.21. The third-order valence-corrected chi connectivity index (χ3v) is 4.88. The highest BCUT2D eigenvalue weighted by atomic mass is 16.5. The van der Waals surface area contributed by atoms with Gasteiger partial charge in [0.15, 0.2) is 11.5 Å². The van der Waals surface area contributed by atoms with Crippen LogP contribution in [0.5, 0.6) is 17.2 Å². The monoisotopic (exact) mass is 410 g/mol. The number of aliphatic hydroxyl groups is 1. The Morgan fingerprint density at radius 2 is 1.80 bits per heavy atom. The normalized spacial score (nSPS) is 12.2. The van der Waals surface area contributed by atoms with Crippen molar-refractivity contribution in [3.05, 3.63) is 59.8 Å². The van der Waals surface area contributed by atoms with Gasteiger partial charge in [0.05, 0.1) is 27.4 Å². The summed E-state index contributed by atoms with van der Waals surface area (Å²) in [6, 6.07) is 11.2. The molecule has 7 heteroatoms. The first-order valence-corrected chi connectivity index (χ1v) is 9.45. The topological polar surface area (TPSA) is 82.0 Å². The number of aromatic nitrogens is 1. The molecular formula is C23H26N2O5. The Morgan fingerprint density at radius 3 is 2.43 bits per heavy atom.